The molecule has 0 radical (unpaired) electrons. The number of aliphatic hydroxyl groups excluding tert-OH is 1. The van der Waals surface area contributed by atoms with Crippen molar-refractivity contribution in [2.75, 3.05) is 19.8 Å². The van der Waals surface area contributed by atoms with Gasteiger partial charge in [-0.15, -0.1) is 5.06 Å². The van der Waals surface area contributed by atoms with Gasteiger partial charge in [0, 0.05) is 40.0 Å². The minimum atomic E-state index is -1.20. The number of thioether (sulfide) groups is 2. The number of aliphatic hydroxyl groups is 1. The number of hydrogen-bond acceptors (Lipinski definition) is 21. The van der Waals surface area contributed by atoms with Gasteiger partial charge in [-0.05, 0) is 70.6 Å². The van der Waals surface area contributed by atoms with Gasteiger partial charge in [0.2, 0.25) is 28.7 Å². The molecule has 466 valence electrons. The molecule has 0 saturated carbocycles. The summed E-state index contributed by atoms with van der Waals surface area (Å²) in [5.74, 6) is -4.86. The van der Waals surface area contributed by atoms with Crippen molar-refractivity contribution in [3.05, 3.63) is 108 Å². The minimum Gasteiger partial charge on any atom is -0.480 e. The first-order chi connectivity index (χ1) is 40.6. The summed E-state index contributed by atoms with van der Waals surface area (Å²) in [6.07, 6.45) is -0.883. The third kappa shape index (κ3) is 23.5. The number of imide groups is 4. The SMILES string of the molecule is CC(=O)N[C@H](C)C(=O)ON1C(=O)CCC1=O.CC(=O)N[C@H](C)C(=O)SC(C)C(=O)O.CC(=O)SC(C)C(=O)N1C(=O)OC[C@@H]1Cc1ccccc1.CC(O)C(=O)N1C(=O)OC[C@@H]1Cc1ccccc1.CCC(=O)N1C(=O)OC[C@@H]1Cc1ccccc1. The van der Waals surface area contributed by atoms with Crippen LogP contribution in [-0.2, 0) is 91.1 Å². The Morgan fingerprint density at radius 2 is 0.930 bits per heavy atom. The summed E-state index contributed by atoms with van der Waals surface area (Å²) in [4.78, 5) is 166. The van der Waals surface area contributed by atoms with E-state index in [9.17, 15) is 72.2 Å². The number of hydroxylamine groups is 2. The Morgan fingerprint density at radius 3 is 1.29 bits per heavy atom. The fraction of sp³-hybridized carbons (Fsp3) is 0.448. The van der Waals surface area contributed by atoms with Gasteiger partial charge in [0.05, 0.1) is 29.4 Å². The van der Waals surface area contributed by atoms with Crippen LogP contribution in [0.2, 0.25) is 0 Å². The summed E-state index contributed by atoms with van der Waals surface area (Å²) < 4.78 is 14.8. The molecule has 0 aliphatic carbocycles. The molecule has 3 unspecified atom stereocenters. The smallest absolute Gasteiger partial charge is 0.417 e. The van der Waals surface area contributed by atoms with Gasteiger partial charge < -0.3 is 39.9 Å². The van der Waals surface area contributed by atoms with Crippen LogP contribution in [0.4, 0.5) is 14.4 Å². The van der Waals surface area contributed by atoms with Crippen LogP contribution in [0.15, 0.2) is 91.0 Å². The Balaban J connectivity index is 0.000000283. The van der Waals surface area contributed by atoms with Crippen molar-refractivity contribution < 1.29 is 96.4 Å². The number of amides is 10. The van der Waals surface area contributed by atoms with E-state index in [1.807, 2.05) is 91.0 Å². The highest BCUT2D eigenvalue weighted by atomic mass is 32.2. The molecule has 3 aromatic carbocycles. The van der Waals surface area contributed by atoms with Crippen LogP contribution in [0.3, 0.4) is 0 Å². The standard InChI is InChI=1S/C15H17NO4S.C13H15NO4.C13H15NO3.C9H12N2O5.C8H13NO4S/c1-10(21-11(2)17)14(18)16-13(9-20-15(16)19)8-12-6-4-3-5-7-12;1-9(15)12(16)14-11(8-18-13(14)17)7-10-5-3-2-4-6-10;1-2-12(15)14-11(9-17-13(14)16)8-10-6-4-3-5-7-10;1-5(10-6(2)12)9(15)16-11-7(13)3-4-8(11)14;1-4(9-6(3)10)8(13)14-5(2)7(11)12/h3-7,10,13H,8-9H2,1-2H3;2-6,9,11,15H,7-8H2,1H3;3-7,11H,2,8-9H2,1H3;5H,3-4H2,1-2H3,(H,10,12);4-5H,1-3H3,(H,9,10)(H,11,12)/t10?,13-;9?,11-;11-;5-;4-,5?/m00011/s1. The van der Waals surface area contributed by atoms with Crippen LogP contribution >= 0.6 is 23.5 Å². The van der Waals surface area contributed by atoms with Crippen LogP contribution in [0.25, 0.3) is 0 Å². The summed E-state index contributed by atoms with van der Waals surface area (Å²) in [5.41, 5.74) is 3.15. The van der Waals surface area contributed by atoms with Gasteiger partial charge in [-0.3, -0.25) is 47.9 Å². The molecule has 4 aliphatic rings. The maximum atomic E-state index is 12.3. The van der Waals surface area contributed by atoms with Crippen molar-refractivity contribution in [1.29, 1.82) is 0 Å². The number of rotatable bonds is 17. The van der Waals surface area contributed by atoms with Crippen molar-refractivity contribution in [3.63, 3.8) is 0 Å². The molecule has 10 amide bonds. The molecular formula is C58H72N6O20S2. The summed E-state index contributed by atoms with van der Waals surface area (Å²) in [5, 5.41) is 21.0. The first kappa shape index (κ1) is 71.8. The van der Waals surface area contributed by atoms with E-state index in [0.717, 1.165) is 38.3 Å². The number of nitrogens with one attached hydrogen (secondary N) is 2. The second-order valence-electron chi connectivity index (χ2n) is 19.5. The second kappa shape index (κ2) is 35.7. The van der Waals surface area contributed by atoms with Gasteiger partial charge in [0.1, 0.15) is 37.2 Å². The summed E-state index contributed by atoms with van der Waals surface area (Å²) in [6.45, 7) is 13.7. The van der Waals surface area contributed by atoms with Gasteiger partial charge in [0.15, 0.2) is 5.12 Å². The largest absolute Gasteiger partial charge is 0.480 e. The van der Waals surface area contributed by atoms with E-state index in [0.29, 0.717) is 49.1 Å². The molecule has 7 rings (SSSR count). The first-order valence-electron chi connectivity index (χ1n) is 27.1. The number of carbonyl (C=O) groups is 14. The lowest BCUT2D eigenvalue weighted by atomic mass is 10.1. The Labute approximate surface area is 505 Å². The molecule has 4 aliphatic heterocycles. The zero-order valence-electron chi connectivity index (χ0n) is 49.0. The monoisotopic (exact) mass is 1240 g/mol. The molecule has 4 N–H and O–H groups in total. The third-order valence-electron chi connectivity index (χ3n) is 12.3. The first-order valence-corrected chi connectivity index (χ1v) is 28.8. The molecule has 4 heterocycles. The molecule has 4 fully saturated rings. The number of nitrogens with zero attached hydrogens (tertiary/aromatic N) is 4. The van der Waals surface area contributed by atoms with Crippen LogP contribution in [-0.4, -0.2) is 178 Å². The van der Waals surface area contributed by atoms with E-state index < -0.39 is 82.5 Å². The van der Waals surface area contributed by atoms with E-state index in [-0.39, 0.29) is 72.1 Å². The number of hydrogen-bond donors (Lipinski definition) is 4. The molecule has 0 bridgehead atoms. The molecule has 4 saturated heterocycles. The average Bonchev–Trinajstić information content (AvgIpc) is 2.70. The predicted octanol–water partition coefficient (Wildman–Crippen LogP) is 4.55. The summed E-state index contributed by atoms with van der Waals surface area (Å²) in [7, 11) is 0. The molecule has 0 aromatic heterocycles. The Morgan fingerprint density at radius 1 is 0.558 bits per heavy atom. The van der Waals surface area contributed by atoms with Crippen molar-refractivity contribution in [3.8, 4) is 0 Å². The highest BCUT2D eigenvalue weighted by molar-refractivity contribution is 8.15. The van der Waals surface area contributed by atoms with Crippen LogP contribution in [0.5, 0.6) is 0 Å². The Hall–Kier alpha value is -8.50. The molecule has 0 spiro atoms. The van der Waals surface area contributed by atoms with E-state index in [1.54, 1.807) is 13.8 Å². The number of cyclic esters (lactones) is 3. The topological polar surface area (TPSA) is 353 Å². The quantitative estimate of drug-likeness (QED) is 0.106. The normalized spacial score (nSPS) is 18.3. The van der Waals surface area contributed by atoms with Crippen LogP contribution in [0, 0.1) is 0 Å². The lowest BCUT2D eigenvalue weighted by molar-refractivity contribution is -0.198. The molecule has 86 heavy (non-hydrogen) atoms. The molecule has 26 nitrogen and oxygen atoms in total. The van der Waals surface area contributed by atoms with Crippen molar-refractivity contribution in [1.82, 2.24) is 30.4 Å². The highest BCUT2D eigenvalue weighted by Crippen LogP contribution is 2.24. The second-order valence-corrected chi connectivity index (χ2v) is 22.3. The Bertz CT molecular complexity index is 2880. The molecule has 3 aromatic rings. The zero-order chi connectivity index (χ0) is 64.4. The summed E-state index contributed by atoms with van der Waals surface area (Å²) >= 11 is 1.63. The third-order valence-corrected chi connectivity index (χ3v) is 14.3. The molecule has 28 heteroatoms. The fourth-order valence-corrected chi connectivity index (χ4v) is 9.51. The average molecular weight is 1240 g/mol. The van der Waals surface area contributed by atoms with Gasteiger partial charge in [-0.2, -0.15) is 0 Å². The van der Waals surface area contributed by atoms with E-state index in [2.05, 4.69) is 15.5 Å². The fourth-order valence-electron chi connectivity index (χ4n) is 8.08. The van der Waals surface area contributed by atoms with E-state index >= 15 is 0 Å². The van der Waals surface area contributed by atoms with Crippen LogP contribution in [0.1, 0.15) is 98.3 Å². The van der Waals surface area contributed by atoms with Crippen molar-refractivity contribution in [2.45, 2.75) is 148 Å². The van der Waals surface area contributed by atoms with E-state index in [1.165, 1.54) is 53.4 Å². The Kier molecular flexibility index (Phi) is 29.8. The van der Waals surface area contributed by atoms with Gasteiger partial charge >= 0.3 is 30.2 Å². The van der Waals surface area contributed by atoms with Gasteiger partial charge in [-0.1, -0.05) is 121 Å². The van der Waals surface area contributed by atoms with Crippen LogP contribution < -0.4 is 10.6 Å². The van der Waals surface area contributed by atoms with Crippen molar-refractivity contribution in [2.24, 2.45) is 0 Å². The number of benzene rings is 3. The number of carbonyl (C=O) groups excluding carboxylic acids is 13. The van der Waals surface area contributed by atoms with Crippen molar-refractivity contribution >= 4 is 105 Å². The maximum absolute atomic E-state index is 12.3. The maximum Gasteiger partial charge on any atom is 0.417 e. The van der Waals surface area contributed by atoms with Gasteiger partial charge in [-0.25, -0.2) is 33.9 Å². The highest BCUT2D eigenvalue weighted by Gasteiger charge is 2.42. The number of carboxylic acids is 1. The number of ether oxygens (including phenoxy) is 3. The molecular weight excluding hydrogens is 1160 g/mol. The van der Waals surface area contributed by atoms with Gasteiger partial charge in [0.25, 0.3) is 17.7 Å². The minimum absolute atomic E-state index is 0.0423. The lowest BCUT2D eigenvalue weighted by Gasteiger charge is -2.22. The zero-order valence-corrected chi connectivity index (χ0v) is 50.6. The molecule has 8 atom stereocenters. The summed E-state index contributed by atoms with van der Waals surface area (Å²) in [6, 6.07) is 26.6. The predicted molar refractivity (Wildman–Crippen MR) is 310 cm³/mol. The number of aliphatic carboxylic acids is 1. The lowest BCUT2D eigenvalue weighted by Crippen LogP contribution is -2.44. The van der Waals surface area contributed by atoms with E-state index in [4.69, 9.17) is 19.3 Å². The number of carboxylic acid groups (broad SMARTS) is 1.